The van der Waals surface area contributed by atoms with Crippen molar-refractivity contribution >= 4 is 11.6 Å². The van der Waals surface area contributed by atoms with Gasteiger partial charge in [-0.15, -0.1) is 0 Å². The summed E-state index contributed by atoms with van der Waals surface area (Å²) >= 11 is 6.03. The molecule has 0 spiro atoms. The first-order valence-electron chi connectivity index (χ1n) is 7.01. The Morgan fingerprint density at radius 2 is 2.00 bits per heavy atom. The zero-order valence-corrected chi connectivity index (χ0v) is 12.9. The van der Waals surface area contributed by atoms with Crippen LogP contribution in [0.2, 0.25) is 5.02 Å². The molecule has 2 N–H and O–H groups in total. The molecule has 2 aromatic rings. The monoisotopic (exact) mass is 307 g/mol. The van der Waals surface area contributed by atoms with E-state index >= 15 is 0 Å². The predicted molar refractivity (Wildman–Crippen MR) is 84.1 cm³/mol. The van der Waals surface area contributed by atoms with Crippen LogP contribution in [0.1, 0.15) is 43.5 Å². The lowest BCUT2D eigenvalue weighted by molar-refractivity contribution is 0.436. The molecular weight excluding hydrogens is 289 g/mol. The molecule has 0 aromatic heterocycles. The zero-order valence-electron chi connectivity index (χ0n) is 12.1. The van der Waals surface area contributed by atoms with Crippen LogP contribution in [0.3, 0.4) is 0 Å². The molecule has 0 bridgehead atoms. The average Bonchev–Trinajstić information content (AvgIpc) is 2.44. The molecule has 2 aromatic carbocycles. The van der Waals surface area contributed by atoms with Gasteiger partial charge in [0.15, 0.2) is 0 Å². The molecule has 0 saturated heterocycles. The van der Waals surface area contributed by atoms with Gasteiger partial charge in [0.05, 0.1) is 0 Å². The third-order valence-electron chi connectivity index (χ3n) is 3.56. The fourth-order valence-corrected chi connectivity index (χ4v) is 2.63. The second-order valence-corrected chi connectivity index (χ2v) is 5.55. The second-order valence-electron chi connectivity index (χ2n) is 5.11. The molecule has 0 aliphatic carbocycles. The fraction of sp³-hybridized carbons (Fsp3) is 0.294. The maximum atomic E-state index is 13.9. The molecule has 0 amide bonds. The second kappa shape index (κ2) is 6.92. The highest BCUT2D eigenvalue weighted by molar-refractivity contribution is 6.30. The van der Waals surface area contributed by atoms with Gasteiger partial charge in [0.1, 0.15) is 11.6 Å². The third kappa shape index (κ3) is 3.96. The summed E-state index contributed by atoms with van der Waals surface area (Å²) in [5.41, 5.74) is 1.62. The molecule has 0 aliphatic heterocycles. The molecule has 0 heterocycles. The zero-order chi connectivity index (χ0) is 15.4. The molecule has 0 radical (unpaired) electrons. The fourth-order valence-electron chi connectivity index (χ4n) is 2.43. The lowest BCUT2D eigenvalue weighted by atomic mass is 10.0. The Balaban J connectivity index is 2.18. The van der Waals surface area contributed by atoms with Crippen molar-refractivity contribution in [1.29, 1.82) is 0 Å². The van der Waals surface area contributed by atoms with Crippen LogP contribution in [0, 0.1) is 5.82 Å². The van der Waals surface area contributed by atoms with E-state index in [4.69, 9.17) is 11.6 Å². The van der Waals surface area contributed by atoms with Crippen LogP contribution in [-0.4, -0.2) is 5.11 Å². The van der Waals surface area contributed by atoms with Crippen molar-refractivity contribution in [3.63, 3.8) is 0 Å². The van der Waals surface area contributed by atoms with Gasteiger partial charge in [-0.05, 0) is 37.1 Å². The highest BCUT2D eigenvalue weighted by Gasteiger charge is 2.17. The molecule has 0 saturated carbocycles. The van der Waals surface area contributed by atoms with Crippen molar-refractivity contribution in [3.8, 4) is 5.75 Å². The molecule has 2 rings (SSSR count). The average molecular weight is 308 g/mol. The van der Waals surface area contributed by atoms with E-state index in [0.29, 0.717) is 10.6 Å². The van der Waals surface area contributed by atoms with E-state index in [1.54, 1.807) is 6.07 Å². The summed E-state index contributed by atoms with van der Waals surface area (Å²) in [6.45, 7) is 3.97. The summed E-state index contributed by atoms with van der Waals surface area (Å²) in [7, 11) is 0. The van der Waals surface area contributed by atoms with E-state index in [1.165, 1.54) is 6.07 Å². The van der Waals surface area contributed by atoms with Gasteiger partial charge in [0.2, 0.25) is 0 Å². The minimum absolute atomic E-state index is 0.0645. The van der Waals surface area contributed by atoms with Gasteiger partial charge in [-0.3, -0.25) is 0 Å². The van der Waals surface area contributed by atoms with Crippen LogP contribution in [0.15, 0.2) is 42.5 Å². The summed E-state index contributed by atoms with van der Waals surface area (Å²) in [5, 5.41) is 13.4. The highest BCUT2D eigenvalue weighted by Crippen LogP contribution is 2.26. The Bertz CT molecular complexity index is 617. The first kappa shape index (κ1) is 15.8. The number of phenols is 1. The summed E-state index contributed by atoms with van der Waals surface area (Å²) in [4.78, 5) is 0. The first-order valence-corrected chi connectivity index (χ1v) is 7.39. The van der Waals surface area contributed by atoms with Crippen LogP contribution < -0.4 is 5.32 Å². The molecule has 21 heavy (non-hydrogen) atoms. The van der Waals surface area contributed by atoms with Gasteiger partial charge >= 0.3 is 0 Å². The van der Waals surface area contributed by atoms with Crippen molar-refractivity contribution in [2.45, 2.75) is 32.4 Å². The number of nitrogens with one attached hydrogen (secondary N) is 1. The van der Waals surface area contributed by atoms with Crippen molar-refractivity contribution in [2.75, 3.05) is 0 Å². The molecule has 2 unspecified atom stereocenters. The smallest absolute Gasteiger partial charge is 0.131 e. The number of benzene rings is 2. The molecule has 4 heteroatoms. The standard InChI is InChI=1S/C17H19ClFNO/c1-3-17(12-5-4-6-13(18)9-12)20-11(2)15-8-7-14(21)10-16(15)19/h4-11,17,20-21H,3H2,1-2H3. The van der Waals surface area contributed by atoms with Crippen LogP contribution in [0.4, 0.5) is 4.39 Å². The molecular formula is C17H19ClFNO. The van der Waals surface area contributed by atoms with Gasteiger partial charge in [-0.2, -0.15) is 0 Å². The normalized spacial score (nSPS) is 13.9. The number of rotatable bonds is 5. The van der Waals surface area contributed by atoms with Crippen molar-refractivity contribution in [1.82, 2.24) is 5.32 Å². The largest absolute Gasteiger partial charge is 0.508 e. The number of hydrogen-bond acceptors (Lipinski definition) is 2. The number of hydrogen-bond donors (Lipinski definition) is 2. The minimum atomic E-state index is -0.407. The third-order valence-corrected chi connectivity index (χ3v) is 3.80. The van der Waals surface area contributed by atoms with Crippen LogP contribution in [0.25, 0.3) is 0 Å². The van der Waals surface area contributed by atoms with Crippen molar-refractivity contribution in [3.05, 3.63) is 64.4 Å². The lowest BCUT2D eigenvalue weighted by Crippen LogP contribution is -2.24. The first-order chi connectivity index (χ1) is 10.0. The van der Waals surface area contributed by atoms with Crippen LogP contribution >= 0.6 is 11.6 Å². The number of aromatic hydroxyl groups is 1. The number of phenolic OH excluding ortho intramolecular Hbond substituents is 1. The molecule has 0 fully saturated rings. The van der Waals surface area contributed by atoms with Crippen molar-refractivity contribution < 1.29 is 9.50 Å². The lowest BCUT2D eigenvalue weighted by Gasteiger charge is -2.23. The van der Waals surface area contributed by atoms with E-state index < -0.39 is 5.82 Å². The quantitative estimate of drug-likeness (QED) is 0.816. The Kier molecular flexibility index (Phi) is 5.21. The summed E-state index contributed by atoms with van der Waals surface area (Å²) in [6, 6.07) is 11.8. The van der Waals surface area contributed by atoms with Gasteiger partial charge < -0.3 is 10.4 Å². The van der Waals surface area contributed by atoms with Gasteiger partial charge in [-0.25, -0.2) is 4.39 Å². The minimum Gasteiger partial charge on any atom is -0.508 e. The van der Waals surface area contributed by atoms with E-state index in [2.05, 4.69) is 12.2 Å². The van der Waals surface area contributed by atoms with Crippen LogP contribution in [-0.2, 0) is 0 Å². The summed E-state index contributed by atoms with van der Waals surface area (Å²) in [6.07, 6.45) is 0.865. The van der Waals surface area contributed by atoms with E-state index in [1.807, 2.05) is 31.2 Å². The molecule has 2 nitrogen and oxygen atoms in total. The Morgan fingerprint density at radius 3 is 2.62 bits per heavy atom. The van der Waals surface area contributed by atoms with Gasteiger partial charge in [0, 0.05) is 28.7 Å². The summed E-state index contributed by atoms with van der Waals surface area (Å²) in [5.74, 6) is -0.471. The topological polar surface area (TPSA) is 32.3 Å². The molecule has 0 aliphatic rings. The Hall–Kier alpha value is -1.58. The number of halogens is 2. The van der Waals surface area contributed by atoms with E-state index in [9.17, 15) is 9.50 Å². The Morgan fingerprint density at radius 1 is 1.24 bits per heavy atom. The SMILES string of the molecule is CCC(NC(C)c1ccc(O)cc1F)c1cccc(Cl)c1. The summed E-state index contributed by atoms with van der Waals surface area (Å²) < 4.78 is 13.9. The molecule has 2 atom stereocenters. The van der Waals surface area contributed by atoms with Gasteiger partial charge in [0.25, 0.3) is 0 Å². The van der Waals surface area contributed by atoms with Crippen molar-refractivity contribution in [2.24, 2.45) is 0 Å². The molecule has 112 valence electrons. The predicted octanol–water partition coefficient (Wildman–Crippen LogP) is 4.99. The van der Waals surface area contributed by atoms with E-state index in [0.717, 1.165) is 18.1 Å². The van der Waals surface area contributed by atoms with E-state index in [-0.39, 0.29) is 17.8 Å². The Labute approximate surface area is 129 Å². The maximum Gasteiger partial charge on any atom is 0.131 e. The highest BCUT2D eigenvalue weighted by atomic mass is 35.5. The maximum absolute atomic E-state index is 13.9. The van der Waals surface area contributed by atoms with Crippen LogP contribution in [0.5, 0.6) is 5.75 Å². The van der Waals surface area contributed by atoms with Gasteiger partial charge in [-0.1, -0.05) is 36.7 Å².